The molecule has 1 atom stereocenters. The van der Waals surface area contributed by atoms with Crippen LogP contribution < -0.4 is 10.4 Å². The Morgan fingerprint density at radius 2 is 2.37 bits per heavy atom. The topological polar surface area (TPSA) is 94.0 Å². The number of nitrogens with zero attached hydrogens (tertiary/aromatic N) is 2. The van der Waals surface area contributed by atoms with Gasteiger partial charge in [-0.3, -0.25) is 4.79 Å². The minimum absolute atomic E-state index is 0.312. The molecule has 1 aliphatic heterocycles. The van der Waals surface area contributed by atoms with E-state index in [-0.39, 0.29) is 12.3 Å². The number of carboxylic acids is 1. The summed E-state index contributed by atoms with van der Waals surface area (Å²) in [6.07, 6.45) is -0.330. The molecule has 0 saturated carbocycles. The van der Waals surface area contributed by atoms with E-state index in [2.05, 4.69) is 15.5 Å². The quantitative estimate of drug-likeness (QED) is 0.634. The van der Waals surface area contributed by atoms with E-state index in [9.17, 15) is 14.7 Å². The molecule has 0 unspecified atom stereocenters. The number of amides is 1. The van der Waals surface area contributed by atoms with Crippen LogP contribution in [0.15, 0.2) is 27.7 Å². The average Bonchev–Trinajstić information content (AvgIpc) is 2.96. The zero-order chi connectivity index (χ0) is 13.8. The lowest BCUT2D eigenvalue weighted by atomic mass is 10.3. The fourth-order valence-corrected chi connectivity index (χ4v) is 2.97. The molecule has 0 spiro atoms. The van der Waals surface area contributed by atoms with Gasteiger partial charge in [0.1, 0.15) is 0 Å². The smallest absolute Gasteiger partial charge is 0.239 e. The van der Waals surface area contributed by atoms with E-state index in [0.717, 1.165) is 22.4 Å². The van der Waals surface area contributed by atoms with Crippen LogP contribution in [0.3, 0.4) is 0 Å². The van der Waals surface area contributed by atoms with Crippen LogP contribution in [0, 0.1) is 0 Å². The minimum Gasteiger partial charge on any atom is -0.550 e. The lowest BCUT2D eigenvalue weighted by molar-refractivity contribution is -0.305. The van der Waals surface area contributed by atoms with Crippen molar-refractivity contribution in [3.63, 3.8) is 0 Å². The maximum absolute atomic E-state index is 11.4. The van der Waals surface area contributed by atoms with Gasteiger partial charge in [0.25, 0.3) is 0 Å². The van der Waals surface area contributed by atoms with Crippen LogP contribution in [0.2, 0.25) is 0 Å². The van der Waals surface area contributed by atoms with Crippen LogP contribution in [-0.2, 0) is 9.59 Å². The summed E-state index contributed by atoms with van der Waals surface area (Å²) in [5.74, 6) is -1.64. The predicted octanol–water partition coefficient (Wildman–Crippen LogP) is 0.200. The van der Waals surface area contributed by atoms with Crippen molar-refractivity contribution >= 4 is 45.9 Å². The summed E-state index contributed by atoms with van der Waals surface area (Å²) in [5, 5.41) is 22.4. The van der Waals surface area contributed by atoms with E-state index >= 15 is 0 Å². The van der Waals surface area contributed by atoms with Crippen molar-refractivity contribution in [3.8, 4) is 0 Å². The zero-order valence-corrected chi connectivity index (χ0v) is 11.6. The van der Waals surface area contributed by atoms with E-state index in [0.29, 0.717) is 5.17 Å². The van der Waals surface area contributed by atoms with Crippen molar-refractivity contribution in [3.05, 3.63) is 22.4 Å². The van der Waals surface area contributed by atoms with E-state index < -0.39 is 11.2 Å². The number of hydrogen-bond donors (Lipinski definition) is 1. The number of carboxylic acid groups (broad SMARTS) is 1. The van der Waals surface area contributed by atoms with Crippen molar-refractivity contribution in [2.24, 2.45) is 10.2 Å². The number of hydrogen-bond acceptors (Lipinski definition) is 7. The van der Waals surface area contributed by atoms with Crippen LogP contribution in [0.5, 0.6) is 0 Å². The first-order chi connectivity index (χ1) is 9.06. The molecule has 2 heterocycles. The molecule has 6 nitrogen and oxygen atoms in total. The first-order valence-electron chi connectivity index (χ1n) is 5.40. The van der Waals surface area contributed by atoms with Gasteiger partial charge in [0.2, 0.25) is 5.91 Å². The molecule has 8 heteroatoms. The average molecular weight is 296 g/mol. The fraction of sp³-hybridized carbons (Fsp3) is 0.273. The first-order valence-corrected chi connectivity index (χ1v) is 7.15. The van der Waals surface area contributed by atoms with Gasteiger partial charge in [0, 0.05) is 12.4 Å². The lowest BCUT2D eigenvalue weighted by Crippen LogP contribution is -2.31. The highest BCUT2D eigenvalue weighted by atomic mass is 32.2. The van der Waals surface area contributed by atoms with Gasteiger partial charge < -0.3 is 15.2 Å². The summed E-state index contributed by atoms with van der Waals surface area (Å²) in [6, 6.07) is 3.83. The number of rotatable bonds is 4. The predicted molar refractivity (Wildman–Crippen MR) is 73.1 cm³/mol. The Bertz CT molecular complexity index is 552. The third-order valence-corrected chi connectivity index (χ3v) is 4.35. The second kappa shape index (κ2) is 5.98. The summed E-state index contributed by atoms with van der Waals surface area (Å²) in [7, 11) is 0. The molecule has 1 aliphatic rings. The Morgan fingerprint density at radius 1 is 1.58 bits per heavy atom. The SMILES string of the molecule is C/C(=N/N=C1/NC(=O)[C@@H](CC(=O)[O-])S1)c1cccs1. The number of amidine groups is 1. The maximum Gasteiger partial charge on any atom is 0.239 e. The molecule has 1 fully saturated rings. The molecule has 0 radical (unpaired) electrons. The van der Waals surface area contributed by atoms with E-state index in [4.69, 9.17) is 0 Å². The van der Waals surface area contributed by atoms with Gasteiger partial charge in [0.05, 0.1) is 15.8 Å². The number of thioether (sulfide) groups is 1. The van der Waals surface area contributed by atoms with Gasteiger partial charge in [-0.25, -0.2) is 0 Å². The van der Waals surface area contributed by atoms with Crippen LogP contribution in [-0.4, -0.2) is 28.0 Å². The van der Waals surface area contributed by atoms with Gasteiger partial charge in [0.15, 0.2) is 5.17 Å². The summed E-state index contributed by atoms with van der Waals surface area (Å²) in [6.45, 7) is 1.82. The van der Waals surface area contributed by atoms with Gasteiger partial charge in [-0.05, 0) is 18.4 Å². The maximum atomic E-state index is 11.4. The monoisotopic (exact) mass is 296 g/mol. The molecular formula is C11H10N3O3S2-. The number of carbonyl (C=O) groups is 2. The molecule has 1 aromatic rings. The molecule has 1 amide bonds. The molecule has 100 valence electrons. The van der Waals surface area contributed by atoms with Crippen LogP contribution in [0.1, 0.15) is 18.2 Å². The van der Waals surface area contributed by atoms with Crippen LogP contribution in [0.25, 0.3) is 0 Å². The molecule has 1 saturated heterocycles. The molecular weight excluding hydrogens is 286 g/mol. The van der Waals surface area contributed by atoms with Crippen LogP contribution in [0.4, 0.5) is 0 Å². The van der Waals surface area contributed by atoms with E-state index in [1.54, 1.807) is 11.3 Å². The normalized spacial score (nSPS) is 21.7. The third kappa shape index (κ3) is 3.65. The Kier molecular flexibility index (Phi) is 4.33. The van der Waals surface area contributed by atoms with Crippen LogP contribution >= 0.6 is 23.1 Å². The highest BCUT2D eigenvalue weighted by Gasteiger charge is 2.30. The van der Waals surface area contributed by atoms with Crippen molar-refractivity contribution in [2.75, 3.05) is 0 Å². The zero-order valence-electron chi connectivity index (χ0n) is 9.95. The summed E-state index contributed by atoms with van der Waals surface area (Å²) < 4.78 is 0. The molecule has 0 aliphatic carbocycles. The number of aliphatic carboxylic acids is 1. The van der Waals surface area contributed by atoms with Gasteiger partial charge in [-0.15, -0.1) is 16.4 Å². The molecule has 19 heavy (non-hydrogen) atoms. The summed E-state index contributed by atoms with van der Waals surface area (Å²) in [4.78, 5) is 22.9. The molecule has 1 N–H and O–H groups in total. The first kappa shape index (κ1) is 13.8. The number of nitrogens with one attached hydrogen (secondary N) is 1. The Morgan fingerprint density at radius 3 is 3.00 bits per heavy atom. The molecule has 0 aromatic carbocycles. The van der Waals surface area contributed by atoms with Crippen molar-refractivity contribution in [1.82, 2.24) is 5.32 Å². The Labute approximate surface area is 117 Å². The largest absolute Gasteiger partial charge is 0.550 e. The van der Waals surface area contributed by atoms with Crippen molar-refractivity contribution in [1.29, 1.82) is 0 Å². The Balaban J connectivity index is 2.04. The molecule has 0 bridgehead atoms. The van der Waals surface area contributed by atoms with Crippen molar-refractivity contribution < 1.29 is 14.7 Å². The standard InChI is InChI=1S/C11H11N3O3S2/c1-6(7-3-2-4-18-7)13-14-11-12-10(17)8(19-11)5-9(15)16/h2-4,8H,5H2,1H3,(H,15,16)(H,12,14,17)/p-1/b13-6-/t8-/m1/s1. The highest BCUT2D eigenvalue weighted by molar-refractivity contribution is 8.15. The number of thiophene rings is 1. The fourth-order valence-electron chi connectivity index (χ4n) is 1.39. The second-order valence-electron chi connectivity index (χ2n) is 3.74. The summed E-state index contributed by atoms with van der Waals surface area (Å²) >= 11 is 2.59. The lowest BCUT2D eigenvalue weighted by Gasteiger charge is -2.04. The summed E-state index contributed by atoms with van der Waals surface area (Å²) in [5.41, 5.74) is 0.737. The molecule has 2 rings (SSSR count). The van der Waals surface area contributed by atoms with E-state index in [1.165, 1.54) is 0 Å². The third-order valence-electron chi connectivity index (χ3n) is 2.30. The van der Waals surface area contributed by atoms with Gasteiger partial charge in [-0.2, -0.15) is 5.10 Å². The van der Waals surface area contributed by atoms with Crippen molar-refractivity contribution in [2.45, 2.75) is 18.6 Å². The Hall–Kier alpha value is -1.67. The molecule has 1 aromatic heterocycles. The second-order valence-corrected chi connectivity index (χ2v) is 5.88. The van der Waals surface area contributed by atoms with Gasteiger partial charge in [-0.1, -0.05) is 17.8 Å². The van der Waals surface area contributed by atoms with E-state index in [1.807, 2.05) is 24.4 Å². The highest BCUT2D eigenvalue weighted by Crippen LogP contribution is 2.22. The van der Waals surface area contributed by atoms with Gasteiger partial charge >= 0.3 is 0 Å². The minimum atomic E-state index is -1.26. The number of carbonyl (C=O) groups excluding carboxylic acids is 2.